The second-order valence-electron chi connectivity index (χ2n) is 6.64. The van der Waals surface area contributed by atoms with Crippen molar-refractivity contribution in [1.29, 1.82) is 0 Å². The van der Waals surface area contributed by atoms with Crippen LogP contribution in [0.4, 0.5) is 0 Å². The van der Waals surface area contributed by atoms with Gasteiger partial charge >= 0.3 is 5.97 Å². The Morgan fingerprint density at radius 3 is 2.48 bits per heavy atom. The van der Waals surface area contributed by atoms with Crippen molar-refractivity contribution in [3.05, 3.63) is 66.4 Å². The Bertz CT molecular complexity index is 1110. The van der Waals surface area contributed by atoms with Gasteiger partial charge in [-0.25, -0.2) is 8.42 Å². The quantitative estimate of drug-likeness (QED) is 0.545. The summed E-state index contributed by atoms with van der Waals surface area (Å²) >= 11 is 0. The van der Waals surface area contributed by atoms with E-state index in [1.807, 2.05) is 6.07 Å². The van der Waals surface area contributed by atoms with E-state index in [1.165, 1.54) is 19.2 Å². The summed E-state index contributed by atoms with van der Waals surface area (Å²) in [4.78, 5) is 16.9. The molecule has 3 rings (SSSR count). The lowest BCUT2D eigenvalue weighted by molar-refractivity contribution is -0.147. The third kappa shape index (κ3) is 4.24. The molecule has 0 aliphatic rings. The van der Waals surface area contributed by atoms with E-state index >= 15 is 0 Å². The topological polar surface area (TPSA) is 82.6 Å². The van der Waals surface area contributed by atoms with Gasteiger partial charge in [-0.05, 0) is 55.0 Å². The lowest BCUT2D eigenvalue weighted by atomic mass is 9.99. The van der Waals surface area contributed by atoms with Gasteiger partial charge in [0.05, 0.1) is 30.0 Å². The van der Waals surface area contributed by atoms with Crippen LogP contribution in [0.1, 0.15) is 24.7 Å². The van der Waals surface area contributed by atoms with Gasteiger partial charge in [0.2, 0.25) is 0 Å². The van der Waals surface area contributed by atoms with Crippen LogP contribution in [0.25, 0.3) is 10.9 Å². The second-order valence-corrected chi connectivity index (χ2v) is 8.71. The summed E-state index contributed by atoms with van der Waals surface area (Å²) in [7, 11) is -2.37. The zero-order valence-electron chi connectivity index (χ0n) is 16.5. The van der Waals surface area contributed by atoms with E-state index in [9.17, 15) is 13.2 Å². The van der Waals surface area contributed by atoms with E-state index in [-0.39, 0.29) is 11.5 Å². The maximum absolute atomic E-state index is 13.6. The molecule has 0 bridgehead atoms. The highest BCUT2D eigenvalue weighted by Crippen LogP contribution is 2.37. The Morgan fingerprint density at radius 2 is 1.83 bits per heavy atom. The van der Waals surface area contributed by atoms with Crippen LogP contribution < -0.4 is 4.74 Å². The molecule has 7 heteroatoms. The zero-order chi connectivity index (χ0) is 21.0. The molecule has 2 aromatic carbocycles. The number of ether oxygens (including phenoxy) is 2. The van der Waals surface area contributed by atoms with E-state index in [1.54, 1.807) is 56.4 Å². The molecule has 0 aliphatic heterocycles. The van der Waals surface area contributed by atoms with Crippen LogP contribution in [0.3, 0.4) is 0 Å². The third-order valence-corrected chi connectivity index (χ3v) is 7.07. The van der Waals surface area contributed by atoms with Crippen molar-refractivity contribution in [1.82, 2.24) is 4.98 Å². The maximum atomic E-state index is 13.6. The molecule has 0 saturated heterocycles. The molecule has 1 heterocycles. The van der Waals surface area contributed by atoms with Gasteiger partial charge in [-0.15, -0.1) is 0 Å². The Labute approximate surface area is 170 Å². The number of esters is 1. The lowest BCUT2D eigenvalue weighted by Gasteiger charge is -2.24. The number of carbonyl (C=O) groups is 1. The number of pyridine rings is 1. The number of carbonyl (C=O) groups excluding carboxylic acids is 1. The van der Waals surface area contributed by atoms with Crippen LogP contribution in [0, 0.1) is 5.92 Å². The van der Waals surface area contributed by atoms with E-state index in [2.05, 4.69) is 4.98 Å². The molecule has 29 heavy (non-hydrogen) atoms. The van der Waals surface area contributed by atoms with Gasteiger partial charge in [-0.2, -0.15) is 0 Å². The number of rotatable bonds is 7. The van der Waals surface area contributed by atoms with Gasteiger partial charge in [0, 0.05) is 11.6 Å². The van der Waals surface area contributed by atoms with E-state index in [4.69, 9.17) is 9.47 Å². The van der Waals surface area contributed by atoms with Crippen LogP contribution in [-0.2, 0) is 19.4 Å². The fraction of sp³-hybridized carbons (Fsp3) is 0.273. The van der Waals surface area contributed by atoms with Gasteiger partial charge in [-0.3, -0.25) is 9.78 Å². The maximum Gasteiger partial charge on any atom is 0.310 e. The van der Waals surface area contributed by atoms with Gasteiger partial charge in [0.1, 0.15) is 11.0 Å². The van der Waals surface area contributed by atoms with Gasteiger partial charge in [-0.1, -0.05) is 19.1 Å². The molecule has 0 saturated carbocycles. The predicted molar refractivity (Wildman–Crippen MR) is 110 cm³/mol. The molecule has 2 atom stereocenters. The molecule has 0 radical (unpaired) electrons. The molecule has 0 fully saturated rings. The van der Waals surface area contributed by atoms with Crippen molar-refractivity contribution < 1.29 is 22.7 Å². The molecule has 0 N–H and O–H groups in total. The molecule has 6 nitrogen and oxygen atoms in total. The molecule has 2 unspecified atom stereocenters. The molecular formula is C22H23NO5S. The van der Waals surface area contributed by atoms with Crippen LogP contribution in [0.15, 0.2) is 65.7 Å². The largest absolute Gasteiger partial charge is 0.497 e. The average Bonchev–Trinajstić information content (AvgIpc) is 2.73. The van der Waals surface area contributed by atoms with Crippen LogP contribution in [0.5, 0.6) is 5.75 Å². The molecule has 0 aliphatic carbocycles. The number of methoxy groups -OCH3 is 1. The SMILES string of the molecule is CCOC(=O)C(C)C(c1ccc2ncccc2c1)S(=O)(=O)c1ccc(OC)cc1. The van der Waals surface area contributed by atoms with Gasteiger partial charge < -0.3 is 9.47 Å². The highest BCUT2D eigenvalue weighted by molar-refractivity contribution is 7.91. The fourth-order valence-electron chi connectivity index (χ4n) is 3.32. The monoisotopic (exact) mass is 413 g/mol. The number of sulfone groups is 1. The number of fused-ring (bicyclic) bond motifs is 1. The smallest absolute Gasteiger partial charge is 0.310 e. The van der Waals surface area contributed by atoms with Crippen molar-refractivity contribution >= 4 is 26.7 Å². The minimum Gasteiger partial charge on any atom is -0.497 e. The molecule has 0 amide bonds. The van der Waals surface area contributed by atoms with Crippen molar-refractivity contribution in [2.45, 2.75) is 24.0 Å². The minimum atomic E-state index is -3.89. The molecule has 3 aromatic rings. The van der Waals surface area contributed by atoms with Gasteiger partial charge in [0.15, 0.2) is 9.84 Å². The standard InChI is InChI=1S/C22H23NO5S/c1-4-28-22(24)15(2)21(17-7-12-20-16(14-17)6-5-13-23-20)29(25,26)19-10-8-18(27-3)9-11-19/h5-15,21H,4H2,1-3H3. The molecular weight excluding hydrogens is 390 g/mol. The lowest BCUT2D eigenvalue weighted by Crippen LogP contribution is -2.28. The Balaban J connectivity index is 2.14. The number of aromatic nitrogens is 1. The van der Waals surface area contributed by atoms with Crippen LogP contribution in [0.2, 0.25) is 0 Å². The van der Waals surface area contributed by atoms with Crippen LogP contribution in [-0.4, -0.2) is 33.1 Å². The number of hydrogen-bond acceptors (Lipinski definition) is 6. The Kier molecular flexibility index (Phi) is 6.17. The van der Waals surface area contributed by atoms with E-state index in [0.717, 1.165) is 10.9 Å². The summed E-state index contributed by atoms with van der Waals surface area (Å²) in [6.45, 7) is 3.45. The zero-order valence-corrected chi connectivity index (χ0v) is 17.3. The van der Waals surface area contributed by atoms with Crippen molar-refractivity contribution in [2.75, 3.05) is 13.7 Å². The van der Waals surface area contributed by atoms with Crippen LogP contribution >= 0.6 is 0 Å². The summed E-state index contributed by atoms with van der Waals surface area (Å²) in [6, 6.07) is 15.0. The highest BCUT2D eigenvalue weighted by atomic mass is 32.2. The number of benzene rings is 2. The summed E-state index contributed by atoms with van der Waals surface area (Å²) < 4.78 is 37.4. The van der Waals surface area contributed by atoms with Gasteiger partial charge in [0.25, 0.3) is 0 Å². The first-order valence-corrected chi connectivity index (χ1v) is 10.8. The summed E-state index contributed by atoms with van der Waals surface area (Å²) in [5.41, 5.74) is 1.27. The second kappa shape index (κ2) is 8.61. The summed E-state index contributed by atoms with van der Waals surface area (Å²) in [5.74, 6) is -0.896. The third-order valence-electron chi connectivity index (χ3n) is 4.79. The Morgan fingerprint density at radius 1 is 1.10 bits per heavy atom. The Hall–Kier alpha value is -2.93. The fourth-order valence-corrected chi connectivity index (χ4v) is 5.28. The first-order chi connectivity index (χ1) is 13.9. The van der Waals surface area contributed by atoms with Crippen molar-refractivity contribution in [2.24, 2.45) is 5.92 Å². The highest BCUT2D eigenvalue weighted by Gasteiger charge is 2.38. The summed E-state index contributed by atoms with van der Waals surface area (Å²) in [6.07, 6.45) is 1.68. The molecule has 0 spiro atoms. The van der Waals surface area contributed by atoms with Crippen molar-refractivity contribution in [3.63, 3.8) is 0 Å². The minimum absolute atomic E-state index is 0.116. The number of hydrogen-bond donors (Lipinski definition) is 0. The molecule has 1 aromatic heterocycles. The first kappa shape index (κ1) is 20.8. The molecule has 152 valence electrons. The number of nitrogens with zero attached hydrogens (tertiary/aromatic N) is 1. The predicted octanol–water partition coefficient (Wildman–Crippen LogP) is 3.96. The van der Waals surface area contributed by atoms with E-state index in [0.29, 0.717) is 11.3 Å². The normalized spacial score (nSPS) is 13.6. The first-order valence-electron chi connectivity index (χ1n) is 9.27. The van der Waals surface area contributed by atoms with Crippen molar-refractivity contribution in [3.8, 4) is 5.75 Å². The van der Waals surface area contributed by atoms with E-state index < -0.39 is 27.0 Å². The summed E-state index contributed by atoms with van der Waals surface area (Å²) in [5, 5.41) is -0.296. The average molecular weight is 413 g/mol.